The molecular formula is C6H10O4S. The molecule has 1 atom stereocenters. The van der Waals surface area contributed by atoms with Crippen molar-refractivity contribution in [2.45, 2.75) is 13.0 Å². The van der Waals surface area contributed by atoms with Crippen LogP contribution in [0, 0.1) is 0 Å². The van der Waals surface area contributed by atoms with E-state index in [0.717, 1.165) is 0 Å². The molecule has 0 bridgehead atoms. The van der Waals surface area contributed by atoms with E-state index in [9.17, 15) is 4.79 Å². The number of hydrogen-bond acceptors (Lipinski definition) is 5. The molecule has 0 saturated heterocycles. The molecule has 0 aliphatic heterocycles. The van der Waals surface area contributed by atoms with Crippen LogP contribution in [0.3, 0.4) is 0 Å². The Balaban J connectivity index is 3.54. The van der Waals surface area contributed by atoms with Crippen LogP contribution in [0.2, 0.25) is 0 Å². The van der Waals surface area contributed by atoms with E-state index in [1.54, 1.807) is 0 Å². The second kappa shape index (κ2) is 5.17. The van der Waals surface area contributed by atoms with Crippen molar-refractivity contribution >= 4 is 23.1 Å². The first kappa shape index (κ1) is 10.5. The highest BCUT2D eigenvalue weighted by Crippen LogP contribution is 1.87. The smallest absolute Gasteiger partial charge is 0.344 e. The summed E-state index contributed by atoms with van der Waals surface area (Å²) in [6.45, 7) is 0.788. The van der Waals surface area contributed by atoms with Crippen LogP contribution in [0.15, 0.2) is 0 Å². The Morgan fingerprint density at radius 3 is 2.64 bits per heavy atom. The third-order valence-corrected chi connectivity index (χ3v) is 1.07. The number of thiocarbonyl (C=S) groups is 1. The maximum Gasteiger partial charge on any atom is 0.344 e. The summed E-state index contributed by atoms with van der Waals surface area (Å²) in [4.78, 5) is 10.7. The monoisotopic (exact) mass is 178 g/mol. The molecule has 0 aromatic carbocycles. The maximum absolute atomic E-state index is 10.6. The van der Waals surface area contributed by atoms with Gasteiger partial charge in [-0.1, -0.05) is 12.2 Å². The fourth-order valence-electron chi connectivity index (χ4n) is 0.326. The molecule has 4 nitrogen and oxygen atoms in total. The van der Waals surface area contributed by atoms with Crippen LogP contribution in [0.25, 0.3) is 0 Å². The van der Waals surface area contributed by atoms with Gasteiger partial charge in [-0.15, -0.1) is 0 Å². The molecule has 2 N–H and O–H groups in total. The lowest BCUT2D eigenvalue weighted by molar-refractivity contribution is -0.138. The van der Waals surface area contributed by atoms with Gasteiger partial charge in [-0.05, 0) is 6.92 Å². The molecule has 0 amide bonds. The van der Waals surface area contributed by atoms with E-state index >= 15 is 0 Å². The molecule has 0 saturated carbocycles. The number of ether oxygens (including phenoxy) is 1. The van der Waals surface area contributed by atoms with Gasteiger partial charge in [-0.25, -0.2) is 4.79 Å². The third kappa shape index (κ3) is 4.83. The lowest BCUT2D eigenvalue weighted by Crippen LogP contribution is -2.23. The maximum atomic E-state index is 10.6. The van der Waals surface area contributed by atoms with E-state index in [-0.39, 0.29) is 11.5 Å². The number of rotatable bonds is 4. The van der Waals surface area contributed by atoms with Gasteiger partial charge in [0.15, 0.2) is 0 Å². The van der Waals surface area contributed by atoms with Crippen LogP contribution >= 0.6 is 12.2 Å². The SMILES string of the molecule is CC(=S)C(=O)OCC(O)CO. The highest BCUT2D eigenvalue weighted by molar-refractivity contribution is 7.82. The summed E-state index contributed by atoms with van der Waals surface area (Å²) in [5, 5.41) is 17.0. The fraction of sp³-hybridized carbons (Fsp3) is 0.667. The largest absolute Gasteiger partial charge is 0.459 e. The van der Waals surface area contributed by atoms with Crippen LogP contribution in [0.4, 0.5) is 0 Å². The average Bonchev–Trinajstić information content (AvgIpc) is 1.99. The topological polar surface area (TPSA) is 66.8 Å². The van der Waals surface area contributed by atoms with Gasteiger partial charge in [-0.2, -0.15) is 0 Å². The van der Waals surface area contributed by atoms with Gasteiger partial charge < -0.3 is 14.9 Å². The zero-order chi connectivity index (χ0) is 8.85. The molecule has 1 unspecified atom stereocenters. The zero-order valence-electron chi connectivity index (χ0n) is 6.11. The molecule has 0 aromatic rings. The van der Waals surface area contributed by atoms with E-state index in [1.165, 1.54) is 6.92 Å². The summed E-state index contributed by atoms with van der Waals surface area (Å²) in [7, 11) is 0. The van der Waals surface area contributed by atoms with Crippen molar-refractivity contribution in [3.63, 3.8) is 0 Å². The molecule has 0 aromatic heterocycles. The first-order valence-electron chi connectivity index (χ1n) is 3.04. The number of carbonyl (C=O) groups excluding carboxylic acids is 1. The Kier molecular flexibility index (Phi) is 4.93. The van der Waals surface area contributed by atoms with Gasteiger partial charge in [0.2, 0.25) is 0 Å². The second-order valence-electron chi connectivity index (χ2n) is 1.99. The van der Waals surface area contributed by atoms with Gasteiger partial charge in [0.05, 0.1) is 11.5 Å². The van der Waals surface area contributed by atoms with Crippen LogP contribution < -0.4 is 0 Å². The third-order valence-electron chi connectivity index (χ3n) is 0.905. The van der Waals surface area contributed by atoms with Crippen molar-refractivity contribution in [3.8, 4) is 0 Å². The van der Waals surface area contributed by atoms with Gasteiger partial charge in [0.1, 0.15) is 12.7 Å². The van der Waals surface area contributed by atoms with Crippen molar-refractivity contribution in [2.75, 3.05) is 13.2 Å². The fourth-order valence-corrected chi connectivity index (χ4v) is 0.385. The first-order chi connectivity index (χ1) is 5.07. The zero-order valence-corrected chi connectivity index (χ0v) is 6.93. The number of carbonyl (C=O) groups is 1. The predicted molar refractivity (Wildman–Crippen MR) is 42.3 cm³/mol. The molecule has 0 spiro atoms. The highest BCUT2D eigenvalue weighted by Gasteiger charge is 2.08. The first-order valence-corrected chi connectivity index (χ1v) is 3.45. The molecule has 0 aliphatic rings. The summed E-state index contributed by atoms with van der Waals surface area (Å²) in [6.07, 6.45) is -1.02. The van der Waals surface area contributed by atoms with Crippen molar-refractivity contribution in [1.82, 2.24) is 0 Å². The second-order valence-corrected chi connectivity index (χ2v) is 2.60. The Labute approximate surface area is 69.8 Å². The van der Waals surface area contributed by atoms with E-state index in [4.69, 9.17) is 10.2 Å². The van der Waals surface area contributed by atoms with Crippen LogP contribution in [-0.4, -0.2) is 40.4 Å². The Morgan fingerprint density at radius 2 is 2.27 bits per heavy atom. The van der Waals surface area contributed by atoms with Crippen molar-refractivity contribution in [1.29, 1.82) is 0 Å². The lowest BCUT2D eigenvalue weighted by atomic mass is 10.4. The quantitative estimate of drug-likeness (QED) is 0.439. The van der Waals surface area contributed by atoms with Gasteiger partial charge in [0.25, 0.3) is 0 Å². The Hall–Kier alpha value is -0.520. The normalized spacial score (nSPS) is 12.3. The van der Waals surface area contributed by atoms with Crippen LogP contribution in [0.1, 0.15) is 6.92 Å². The van der Waals surface area contributed by atoms with E-state index in [2.05, 4.69) is 17.0 Å². The van der Waals surface area contributed by atoms with E-state index in [1.807, 2.05) is 0 Å². The number of hydrogen-bond donors (Lipinski definition) is 2. The summed E-state index contributed by atoms with van der Waals surface area (Å²) in [5.74, 6) is -0.632. The molecule has 0 radical (unpaired) electrons. The number of aliphatic hydroxyl groups excluding tert-OH is 2. The Morgan fingerprint density at radius 1 is 1.73 bits per heavy atom. The van der Waals surface area contributed by atoms with E-state index < -0.39 is 18.7 Å². The molecule has 0 fully saturated rings. The molecule has 64 valence electrons. The van der Waals surface area contributed by atoms with Gasteiger partial charge >= 0.3 is 5.97 Å². The van der Waals surface area contributed by atoms with Gasteiger partial charge in [0, 0.05) is 0 Å². The van der Waals surface area contributed by atoms with Crippen LogP contribution in [0.5, 0.6) is 0 Å². The van der Waals surface area contributed by atoms with Crippen molar-refractivity contribution in [3.05, 3.63) is 0 Å². The summed E-state index contributed by atoms with van der Waals surface area (Å²) in [5.41, 5.74) is 0. The van der Waals surface area contributed by atoms with Crippen molar-refractivity contribution < 1.29 is 19.7 Å². The molecule has 0 rings (SSSR count). The summed E-state index contributed by atoms with van der Waals surface area (Å²) >= 11 is 4.49. The van der Waals surface area contributed by atoms with Crippen LogP contribution in [-0.2, 0) is 9.53 Å². The molecule has 0 heterocycles. The molecular weight excluding hydrogens is 168 g/mol. The summed E-state index contributed by atoms with van der Waals surface area (Å²) < 4.78 is 4.47. The standard InChI is InChI=1S/C6H10O4S/c1-4(11)6(9)10-3-5(8)2-7/h5,7-8H,2-3H2,1H3. The lowest BCUT2D eigenvalue weighted by Gasteiger charge is -2.06. The van der Waals surface area contributed by atoms with Gasteiger partial charge in [-0.3, -0.25) is 0 Å². The number of esters is 1. The molecule has 11 heavy (non-hydrogen) atoms. The van der Waals surface area contributed by atoms with Crippen molar-refractivity contribution in [2.24, 2.45) is 0 Å². The molecule has 0 aliphatic carbocycles. The highest BCUT2D eigenvalue weighted by atomic mass is 32.1. The molecule has 5 heteroatoms. The van der Waals surface area contributed by atoms with E-state index in [0.29, 0.717) is 0 Å². The number of aliphatic hydroxyl groups is 2. The average molecular weight is 178 g/mol. The predicted octanol–water partition coefficient (Wildman–Crippen LogP) is -0.727. The summed E-state index contributed by atoms with van der Waals surface area (Å²) in [6, 6.07) is 0. The minimum atomic E-state index is -1.02. The minimum absolute atomic E-state index is 0.107. The Bertz CT molecular complexity index is 157. The minimum Gasteiger partial charge on any atom is -0.459 e.